The Balaban J connectivity index is 2.14. The zero-order valence-corrected chi connectivity index (χ0v) is 10.5. The topological polar surface area (TPSA) is 85.8 Å². The highest BCUT2D eigenvalue weighted by atomic mass is 35.5. The van der Waals surface area contributed by atoms with Gasteiger partial charge < -0.3 is 9.84 Å². The summed E-state index contributed by atoms with van der Waals surface area (Å²) in [5.41, 5.74) is 0.149. The zero-order valence-electron chi connectivity index (χ0n) is 9.76. The van der Waals surface area contributed by atoms with Crippen LogP contribution in [-0.4, -0.2) is 19.9 Å². The highest BCUT2D eigenvalue weighted by Gasteiger charge is 2.09. The Morgan fingerprint density at radius 2 is 2.39 bits per heavy atom. The van der Waals surface area contributed by atoms with E-state index in [9.17, 15) is 4.79 Å². The molecule has 2 aromatic heterocycles. The Labute approximate surface area is 108 Å². The van der Waals surface area contributed by atoms with Gasteiger partial charge in [-0.2, -0.15) is 10.1 Å². The Bertz CT molecular complexity index is 566. The Morgan fingerprint density at radius 1 is 1.56 bits per heavy atom. The summed E-state index contributed by atoms with van der Waals surface area (Å²) in [6.45, 7) is 2.82. The zero-order chi connectivity index (χ0) is 13.0. The third-order valence-corrected chi connectivity index (χ3v) is 2.63. The van der Waals surface area contributed by atoms with Gasteiger partial charge in [0.1, 0.15) is 5.02 Å². The van der Waals surface area contributed by atoms with Crippen molar-refractivity contribution >= 4 is 17.3 Å². The molecule has 0 radical (unpaired) electrons. The van der Waals surface area contributed by atoms with Crippen LogP contribution in [0.2, 0.25) is 5.02 Å². The largest absolute Gasteiger partial charge is 0.375 e. The van der Waals surface area contributed by atoms with Crippen molar-refractivity contribution in [2.24, 2.45) is 0 Å². The van der Waals surface area contributed by atoms with Crippen molar-refractivity contribution in [3.8, 4) is 0 Å². The van der Waals surface area contributed by atoms with Gasteiger partial charge >= 0.3 is 0 Å². The lowest BCUT2D eigenvalue weighted by molar-refractivity contribution is 0.411. The molecular formula is C10H12ClN5O2. The fraction of sp³-hybridized carbons (Fsp3) is 0.400. The second-order valence-corrected chi connectivity index (χ2v) is 3.98. The van der Waals surface area contributed by atoms with Gasteiger partial charge in [-0.3, -0.25) is 4.79 Å². The Kier molecular flexibility index (Phi) is 3.93. The van der Waals surface area contributed by atoms with Crippen molar-refractivity contribution in [3.63, 3.8) is 0 Å². The lowest BCUT2D eigenvalue weighted by Gasteiger charge is -2.08. The molecule has 0 atom stereocenters. The molecule has 0 aliphatic carbocycles. The quantitative estimate of drug-likeness (QED) is 0.880. The van der Waals surface area contributed by atoms with Crippen molar-refractivity contribution in [2.75, 3.05) is 5.32 Å². The van der Waals surface area contributed by atoms with Gasteiger partial charge in [0.15, 0.2) is 5.82 Å². The first-order chi connectivity index (χ1) is 8.72. The maximum atomic E-state index is 11.8. The molecule has 7 nitrogen and oxygen atoms in total. The second kappa shape index (κ2) is 5.63. The predicted molar refractivity (Wildman–Crippen MR) is 65.4 cm³/mol. The number of aromatic nitrogens is 4. The molecular weight excluding hydrogens is 258 g/mol. The minimum absolute atomic E-state index is 0.113. The van der Waals surface area contributed by atoms with Gasteiger partial charge in [0, 0.05) is 6.54 Å². The van der Waals surface area contributed by atoms with Gasteiger partial charge in [0.05, 0.1) is 18.4 Å². The van der Waals surface area contributed by atoms with Crippen LogP contribution >= 0.6 is 11.6 Å². The molecule has 0 saturated heterocycles. The molecule has 2 aromatic rings. The summed E-state index contributed by atoms with van der Waals surface area (Å²) in [4.78, 5) is 15.7. The number of aryl methyl sites for hydroxylation is 1. The maximum Gasteiger partial charge on any atom is 0.287 e. The van der Waals surface area contributed by atoms with Crippen LogP contribution in [0, 0.1) is 0 Å². The SMILES string of the molecule is CCCn1ncc(NCc2ncon2)c(Cl)c1=O. The molecule has 0 unspecified atom stereocenters. The molecule has 1 N–H and O–H groups in total. The summed E-state index contributed by atoms with van der Waals surface area (Å²) in [7, 11) is 0. The lowest BCUT2D eigenvalue weighted by atomic mass is 10.4. The minimum Gasteiger partial charge on any atom is -0.375 e. The number of rotatable bonds is 5. The number of hydrogen-bond acceptors (Lipinski definition) is 6. The van der Waals surface area contributed by atoms with E-state index in [4.69, 9.17) is 11.6 Å². The third kappa shape index (κ3) is 2.67. The first-order valence-electron chi connectivity index (χ1n) is 5.47. The molecule has 96 valence electrons. The van der Waals surface area contributed by atoms with Gasteiger partial charge in [-0.15, -0.1) is 0 Å². The number of nitrogens with zero attached hydrogens (tertiary/aromatic N) is 4. The van der Waals surface area contributed by atoms with Crippen LogP contribution in [0.25, 0.3) is 0 Å². The van der Waals surface area contributed by atoms with Gasteiger partial charge in [-0.1, -0.05) is 23.7 Å². The summed E-state index contributed by atoms with van der Waals surface area (Å²) in [6.07, 6.45) is 3.56. The van der Waals surface area contributed by atoms with E-state index >= 15 is 0 Å². The van der Waals surface area contributed by atoms with Gasteiger partial charge in [0.2, 0.25) is 6.39 Å². The smallest absolute Gasteiger partial charge is 0.287 e. The molecule has 2 rings (SSSR count). The predicted octanol–water partition coefficient (Wildman–Crippen LogP) is 1.30. The molecule has 0 aromatic carbocycles. The maximum absolute atomic E-state index is 11.8. The van der Waals surface area contributed by atoms with Gasteiger partial charge in [-0.05, 0) is 6.42 Å². The fourth-order valence-corrected chi connectivity index (χ4v) is 1.62. The van der Waals surface area contributed by atoms with Crippen molar-refractivity contribution in [2.45, 2.75) is 26.4 Å². The second-order valence-electron chi connectivity index (χ2n) is 3.60. The first kappa shape index (κ1) is 12.6. The lowest BCUT2D eigenvalue weighted by Crippen LogP contribution is -2.24. The van der Waals surface area contributed by atoms with E-state index < -0.39 is 0 Å². The monoisotopic (exact) mass is 269 g/mol. The number of anilines is 1. The van der Waals surface area contributed by atoms with Crippen molar-refractivity contribution in [1.82, 2.24) is 19.9 Å². The first-order valence-corrected chi connectivity index (χ1v) is 5.85. The van der Waals surface area contributed by atoms with E-state index in [2.05, 4.69) is 25.1 Å². The van der Waals surface area contributed by atoms with Crippen LogP contribution in [0.3, 0.4) is 0 Å². The van der Waals surface area contributed by atoms with Gasteiger partial charge in [-0.25, -0.2) is 4.68 Å². The molecule has 8 heteroatoms. The molecule has 0 bridgehead atoms. The van der Waals surface area contributed by atoms with Crippen LogP contribution in [0.1, 0.15) is 19.2 Å². The van der Waals surface area contributed by atoms with E-state index in [1.54, 1.807) is 0 Å². The minimum atomic E-state index is -0.309. The van der Waals surface area contributed by atoms with E-state index in [-0.39, 0.29) is 10.6 Å². The molecule has 0 fully saturated rings. The van der Waals surface area contributed by atoms with Crippen LogP contribution in [0.4, 0.5) is 5.69 Å². The molecule has 2 heterocycles. The highest BCUT2D eigenvalue weighted by molar-refractivity contribution is 6.32. The molecule has 0 aliphatic heterocycles. The van der Waals surface area contributed by atoms with Crippen LogP contribution < -0.4 is 10.9 Å². The third-order valence-electron chi connectivity index (χ3n) is 2.26. The molecule has 0 amide bonds. The molecule has 18 heavy (non-hydrogen) atoms. The van der Waals surface area contributed by atoms with Gasteiger partial charge in [0.25, 0.3) is 5.56 Å². The average molecular weight is 270 g/mol. The van der Waals surface area contributed by atoms with E-state index in [0.717, 1.165) is 6.42 Å². The van der Waals surface area contributed by atoms with Crippen LogP contribution in [-0.2, 0) is 13.1 Å². The fourth-order valence-electron chi connectivity index (χ4n) is 1.40. The van der Waals surface area contributed by atoms with Crippen LogP contribution in [0.15, 0.2) is 21.9 Å². The standard InChI is InChI=1S/C10H12ClN5O2/c1-2-3-16-10(17)9(11)7(4-14-16)12-5-8-13-6-18-15-8/h4,6,12H,2-3,5H2,1H3. The summed E-state index contributed by atoms with van der Waals surface area (Å²) in [5.74, 6) is 0.476. The summed E-state index contributed by atoms with van der Waals surface area (Å²) in [6, 6.07) is 0. The van der Waals surface area contributed by atoms with E-state index in [1.165, 1.54) is 17.3 Å². The van der Waals surface area contributed by atoms with E-state index in [1.807, 2.05) is 6.92 Å². The molecule has 0 saturated carbocycles. The van der Waals surface area contributed by atoms with Crippen LogP contribution in [0.5, 0.6) is 0 Å². The normalized spacial score (nSPS) is 10.6. The Morgan fingerprint density at radius 3 is 3.06 bits per heavy atom. The number of nitrogens with one attached hydrogen (secondary N) is 1. The summed E-state index contributed by atoms with van der Waals surface area (Å²) >= 11 is 5.97. The van der Waals surface area contributed by atoms with Crippen molar-refractivity contribution in [3.05, 3.63) is 33.8 Å². The average Bonchev–Trinajstić information content (AvgIpc) is 2.87. The Hall–Kier alpha value is -1.89. The molecule has 0 aliphatic rings. The number of hydrogen-bond donors (Lipinski definition) is 1. The van der Waals surface area contributed by atoms with Crippen molar-refractivity contribution in [1.29, 1.82) is 0 Å². The van der Waals surface area contributed by atoms with E-state index in [0.29, 0.717) is 24.6 Å². The van der Waals surface area contributed by atoms with Crippen molar-refractivity contribution < 1.29 is 4.52 Å². The summed E-state index contributed by atoms with van der Waals surface area (Å²) < 4.78 is 5.93. The highest BCUT2D eigenvalue weighted by Crippen LogP contribution is 2.15. The summed E-state index contributed by atoms with van der Waals surface area (Å²) in [5, 5.41) is 10.7. The number of halogens is 1. The molecule has 0 spiro atoms.